The number of benzene rings is 1. The van der Waals surface area contributed by atoms with Gasteiger partial charge in [-0.05, 0) is 49.9 Å². The lowest BCUT2D eigenvalue weighted by Crippen LogP contribution is -2.27. The Hall–Kier alpha value is -4.54. The SMILES string of the molecule is [2H]C([2H])([2H])NC(=O)c1nnc(NC(=O)C2CC2)cc1Nc1cccc(-c2ccc(C(=O)N3CCCC3)cn2)c1OC. The Kier molecular flexibility index (Phi) is 6.14. The fraction of sp³-hybridized carbons (Fsp3) is 0.333. The van der Waals surface area contributed by atoms with Crippen LogP contribution in [0.2, 0.25) is 0 Å². The molecular weight excluding hydrogens is 486 g/mol. The van der Waals surface area contributed by atoms with E-state index in [0.717, 1.165) is 38.8 Å². The van der Waals surface area contributed by atoms with E-state index in [2.05, 4.69) is 25.8 Å². The number of aromatic nitrogens is 3. The van der Waals surface area contributed by atoms with Crippen molar-refractivity contribution in [3.63, 3.8) is 0 Å². The van der Waals surface area contributed by atoms with E-state index in [0.29, 0.717) is 28.3 Å². The van der Waals surface area contributed by atoms with Crippen LogP contribution in [0.5, 0.6) is 5.75 Å². The molecule has 3 aromatic rings. The summed E-state index contributed by atoms with van der Waals surface area (Å²) < 4.78 is 27.9. The van der Waals surface area contributed by atoms with Gasteiger partial charge in [0.25, 0.3) is 11.8 Å². The number of hydrogen-bond acceptors (Lipinski definition) is 8. The average Bonchev–Trinajstić information content (AvgIpc) is 3.66. The Balaban J connectivity index is 1.45. The monoisotopic (exact) mass is 518 g/mol. The van der Waals surface area contributed by atoms with Crippen molar-refractivity contribution in [2.75, 3.05) is 37.8 Å². The molecule has 0 spiro atoms. The fourth-order valence-electron chi connectivity index (χ4n) is 4.33. The van der Waals surface area contributed by atoms with Gasteiger partial charge in [-0.1, -0.05) is 6.07 Å². The van der Waals surface area contributed by atoms with Crippen molar-refractivity contribution in [3.8, 4) is 17.0 Å². The lowest BCUT2D eigenvalue weighted by Gasteiger charge is -2.17. The summed E-state index contributed by atoms with van der Waals surface area (Å²) in [5, 5.41) is 15.5. The van der Waals surface area contributed by atoms with Crippen molar-refractivity contribution in [2.45, 2.75) is 25.7 Å². The first kappa shape index (κ1) is 21.5. The third-order valence-corrected chi connectivity index (χ3v) is 6.49. The number of methoxy groups -OCH3 is 1. The molecule has 5 rings (SSSR count). The normalized spacial score (nSPS) is 16.1. The zero-order valence-electron chi connectivity index (χ0n) is 23.8. The minimum absolute atomic E-state index is 0.0541. The molecular formula is C27H29N7O4. The van der Waals surface area contributed by atoms with E-state index in [4.69, 9.17) is 8.85 Å². The van der Waals surface area contributed by atoms with Gasteiger partial charge in [0.15, 0.2) is 17.3 Å². The van der Waals surface area contributed by atoms with E-state index in [1.54, 1.807) is 30.3 Å². The fourth-order valence-corrected chi connectivity index (χ4v) is 4.33. The van der Waals surface area contributed by atoms with Crippen molar-refractivity contribution in [3.05, 3.63) is 53.9 Å². The highest BCUT2D eigenvalue weighted by Gasteiger charge is 2.30. The smallest absolute Gasteiger partial charge is 0.273 e. The topological polar surface area (TPSA) is 138 Å². The molecule has 1 saturated heterocycles. The number of carbonyl (C=O) groups excluding carboxylic acids is 3. The molecule has 0 atom stereocenters. The molecule has 0 unspecified atom stereocenters. The second-order valence-corrected chi connectivity index (χ2v) is 9.15. The Bertz CT molecular complexity index is 1470. The van der Waals surface area contributed by atoms with Gasteiger partial charge in [-0.2, -0.15) is 0 Å². The number of para-hydroxylation sites is 1. The highest BCUT2D eigenvalue weighted by Crippen LogP contribution is 2.38. The van der Waals surface area contributed by atoms with Crippen LogP contribution < -0.4 is 20.7 Å². The van der Waals surface area contributed by atoms with Crippen LogP contribution >= 0.6 is 0 Å². The molecule has 0 bridgehead atoms. The molecule has 2 fully saturated rings. The van der Waals surface area contributed by atoms with E-state index in [9.17, 15) is 14.4 Å². The predicted molar refractivity (Wildman–Crippen MR) is 141 cm³/mol. The standard InChI is InChI=1S/C27H29N7O4/c1-28-26(36)23-21(14-22(32-33-23)31-25(35)16-8-9-16)30-20-7-5-6-18(24(20)38-2)19-11-10-17(15-29-19)27(37)34-12-3-4-13-34/h5-7,10-11,14-16H,3-4,8-9,12-13H2,1-2H3,(H,28,36)(H2,30,31,32,35)/i1D3. The third-order valence-electron chi connectivity index (χ3n) is 6.49. The van der Waals surface area contributed by atoms with Crippen LogP contribution in [-0.4, -0.2) is 65.0 Å². The number of likely N-dealkylation sites (tertiary alicyclic amines) is 1. The third kappa shape index (κ3) is 5.26. The van der Waals surface area contributed by atoms with Crippen molar-refractivity contribution in [2.24, 2.45) is 5.92 Å². The zero-order valence-corrected chi connectivity index (χ0v) is 20.8. The van der Waals surface area contributed by atoms with Crippen LogP contribution in [0, 0.1) is 5.92 Å². The number of rotatable bonds is 8. The maximum Gasteiger partial charge on any atom is 0.273 e. The number of nitrogens with zero attached hydrogens (tertiary/aromatic N) is 4. The molecule has 0 radical (unpaired) electrons. The summed E-state index contributed by atoms with van der Waals surface area (Å²) in [5.74, 6) is -0.849. The Morgan fingerprint density at radius 1 is 1.08 bits per heavy atom. The number of carbonyl (C=O) groups is 3. The summed E-state index contributed by atoms with van der Waals surface area (Å²) in [6, 6.07) is 10.1. The van der Waals surface area contributed by atoms with Gasteiger partial charge in [0.2, 0.25) is 5.91 Å². The number of hydrogen-bond donors (Lipinski definition) is 3. The van der Waals surface area contributed by atoms with Gasteiger partial charge in [0, 0.05) is 47.9 Å². The molecule has 1 aromatic carbocycles. The molecule has 2 aromatic heterocycles. The zero-order chi connectivity index (χ0) is 29.1. The van der Waals surface area contributed by atoms with Gasteiger partial charge in [-0.25, -0.2) is 0 Å². The molecule has 11 nitrogen and oxygen atoms in total. The summed E-state index contributed by atoms with van der Waals surface area (Å²) in [7, 11) is 1.48. The van der Waals surface area contributed by atoms with Crippen molar-refractivity contribution >= 4 is 34.9 Å². The van der Waals surface area contributed by atoms with Gasteiger partial charge >= 0.3 is 0 Å². The van der Waals surface area contributed by atoms with Crippen molar-refractivity contribution in [1.82, 2.24) is 25.4 Å². The first-order valence-electron chi connectivity index (χ1n) is 13.8. The molecule has 11 heteroatoms. The molecule has 196 valence electrons. The minimum atomic E-state index is -2.75. The van der Waals surface area contributed by atoms with Gasteiger partial charge in [0.05, 0.1) is 29.7 Å². The summed E-state index contributed by atoms with van der Waals surface area (Å²) in [6.45, 7) is -1.27. The quantitative estimate of drug-likeness (QED) is 0.413. The molecule has 3 amide bonds. The molecule has 1 aliphatic carbocycles. The molecule has 3 N–H and O–H groups in total. The Labute approximate surface area is 224 Å². The summed E-state index contributed by atoms with van der Waals surface area (Å²) in [6.07, 6.45) is 5.10. The van der Waals surface area contributed by atoms with Crippen LogP contribution in [0.3, 0.4) is 0 Å². The second kappa shape index (κ2) is 10.8. The number of pyridine rings is 1. The van der Waals surface area contributed by atoms with E-state index in [1.165, 1.54) is 19.4 Å². The molecule has 2 aliphatic rings. The maximum atomic E-state index is 12.8. The first-order chi connectivity index (χ1) is 19.6. The largest absolute Gasteiger partial charge is 0.494 e. The predicted octanol–water partition coefficient (Wildman–Crippen LogP) is 3.23. The second-order valence-electron chi connectivity index (χ2n) is 9.15. The molecule has 38 heavy (non-hydrogen) atoms. The summed E-state index contributed by atoms with van der Waals surface area (Å²) in [4.78, 5) is 44.1. The van der Waals surface area contributed by atoms with E-state index >= 15 is 0 Å². The number of amides is 3. The van der Waals surface area contributed by atoms with Gasteiger partial charge in [-0.15, -0.1) is 10.2 Å². The van der Waals surface area contributed by atoms with Crippen molar-refractivity contribution < 1.29 is 23.2 Å². The summed E-state index contributed by atoms with van der Waals surface area (Å²) >= 11 is 0. The average molecular weight is 519 g/mol. The highest BCUT2D eigenvalue weighted by molar-refractivity contribution is 6.00. The molecule has 1 aliphatic heterocycles. The van der Waals surface area contributed by atoms with Crippen LogP contribution in [0.25, 0.3) is 11.3 Å². The van der Waals surface area contributed by atoms with Crippen LogP contribution in [-0.2, 0) is 4.79 Å². The lowest BCUT2D eigenvalue weighted by molar-refractivity contribution is -0.117. The number of ether oxygens (including phenoxy) is 1. The maximum absolute atomic E-state index is 12.8. The van der Waals surface area contributed by atoms with Crippen LogP contribution in [0.15, 0.2) is 42.6 Å². The van der Waals surface area contributed by atoms with Crippen LogP contribution in [0.4, 0.5) is 17.2 Å². The van der Waals surface area contributed by atoms with E-state index in [1.807, 2.05) is 10.2 Å². The van der Waals surface area contributed by atoms with Gasteiger partial charge in [-0.3, -0.25) is 19.4 Å². The highest BCUT2D eigenvalue weighted by atomic mass is 16.5. The Morgan fingerprint density at radius 3 is 2.58 bits per heavy atom. The Morgan fingerprint density at radius 2 is 1.89 bits per heavy atom. The van der Waals surface area contributed by atoms with Gasteiger partial charge in [0.1, 0.15) is 0 Å². The molecule has 1 saturated carbocycles. The van der Waals surface area contributed by atoms with E-state index in [-0.39, 0.29) is 34.9 Å². The van der Waals surface area contributed by atoms with Crippen molar-refractivity contribution in [1.29, 1.82) is 0 Å². The summed E-state index contributed by atoms with van der Waals surface area (Å²) in [5.41, 5.74) is 1.88. The first-order valence-corrected chi connectivity index (χ1v) is 12.3. The minimum Gasteiger partial charge on any atom is -0.494 e. The van der Waals surface area contributed by atoms with Gasteiger partial charge < -0.3 is 25.6 Å². The number of nitrogens with one attached hydrogen (secondary N) is 3. The van der Waals surface area contributed by atoms with Crippen LogP contribution in [0.1, 0.15) is 50.6 Å². The number of anilines is 3. The lowest BCUT2D eigenvalue weighted by atomic mass is 10.1. The molecule has 3 heterocycles. The van der Waals surface area contributed by atoms with E-state index < -0.39 is 12.9 Å².